The van der Waals surface area contributed by atoms with Crippen molar-refractivity contribution in [2.24, 2.45) is 0 Å². The summed E-state index contributed by atoms with van der Waals surface area (Å²) >= 11 is 0. The van der Waals surface area contributed by atoms with E-state index >= 15 is 0 Å². The molecule has 0 aliphatic carbocycles. The van der Waals surface area contributed by atoms with Crippen LogP contribution in [0.25, 0.3) is 79.8 Å². The first-order valence-corrected chi connectivity index (χ1v) is 16.9. The second-order valence-electron chi connectivity index (χ2n) is 13.0. The second-order valence-corrected chi connectivity index (χ2v) is 13.0. The largest absolute Gasteiger partial charge is 0.354 e. The molecule has 0 fully saturated rings. The van der Waals surface area contributed by atoms with Crippen molar-refractivity contribution in [2.75, 3.05) is 0 Å². The smallest absolute Gasteiger partial charge is 0.0737 e. The molecule has 0 saturated carbocycles. The predicted molar refractivity (Wildman–Crippen MR) is 208 cm³/mol. The number of aryl methyl sites for hydroxylation is 3. The van der Waals surface area contributed by atoms with Crippen molar-refractivity contribution in [3.63, 3.8) is 0 Å². The standard InChI is InChI=1S/C45H38N4/c1-5-6-7-34-35-20-22-37(46-35)43(31-14-8-28(2)9-15-31)39-24-26-41(48-39)45(33-18-12-30(4)13-19-33)42-27-25-40(49-42)44(38-23-21-36(34)47-38)32-16-10-29(3)11-17-32/h5,8-27,48-49H,1,6-7H2,2-4H3. The Hall–Kier alpha value is -6.00. The number of hydrogen-bond donors (Lipinski definition) is 2. The summed E-state index contributed by atoms with van der Waals surface area (Å²) < 4.78 is 0. The van der Waals surface area contributed by atoms with Gasteiger partial charge >= 0.3 is 0 Å². The highest BCUT2D eigenvalue weighted by atomic mass is 14.8. The molecule has 4 heteroatoms. The summed E-state index contributed by atoms with van der Waals surface area (Å²) in [5, 5.41) is 0. The van der Waals surface area contributed by atoms with Gasteiger partial charge in [0.15, 0.2) is 0 Å². The Kier molecular flexibility index (Phi) is 7.77. The van der Waals surface area contributed by atoms with Gasteiger partial charge < -0.3 is 9.97 Å². The topological polar surface area (TPSA) is 57.4 Å². The molecule has 238 valence electrons. The van der Waals surface area contributed by atoms with Crippen LogP contribution in [0.2, 0.25) is 0 Å². The highest BCUT2D eigenvalue weighted by molar-refractivity contribution is 5.99. The van der Waals surface area contributed by atoms with Crippen molar-refractivity contribution >= 4 is 46.4 Å². The van der Waals surface area contributed by atoms with E-state index in [9.17, 15) is 0 Å². The summed E-state index contributed by atoms with van der Waals surface area (Å²) in [4.78, 5) is 18.3. The Morgan fingerprint density at radius 2 is 0.816 bits per heavy atom. The van der Waals surface area contributed by atoms with Gasteiger partial charge in [0.05, 0.1) is 22.8 Å². The van der Waals surface area contributed by atoms with Crippen LogP contribution in [0.3, 0.4) is 0 Å². The lowest BCUT2D eigenvalue weighted by Gasteiger charge is -2.07. The number of allylic oxidation sites excluding steroid dienone is 1. The average molecular weight is 635 g/mol. The normalized spacial score (nSPS) is 12.1. The fourth-order valence-corrected chi connectivity index (χ4v) is 6.85. The molecule has 6 aromatic rings. The molecule has 0 radical (unpaired) electrons. The molecule has 4 nitrogen and oxygen atoms in total. The number of aromatic amines is 2. The molecule has 2 aliphatic heterocycles. The molecule has 2 aliphatic rings. The molecule has 3 aromatic heterocycles. The van der Waals surface area contributed by atoms with Crippen LogP contribution in [0.15, 0.2) is 110 Å². The van der Waals surface area contributed by atoms with Gasteiger partial charge in [-0.15, -0.1) is 6.58 Å². The third kappa shape index (κ3) is 5.76. The average Bonchev–Trinajstić information content (AvgIpc) is 3.94. The minimum absolute atomic E-state index is 0.796. The number of rotatable bonds is 6. The number of aromatic nitrogens is 4. The van der Waals surface area contributed by atoms with E-state index in [1.165, 1.54) is 16.7 Å². The maximum atomic E-state index is 5.32. The molecule has 0 spiro atoms. The minimum Gasteiger partial charge on any atom is -0.354 e. The number of nitrogens with zero attached hydrogens (tertiary/aromatic N) is 2. The SMILES string of the molecule is C=CCCc1c2nc(c(-c3ccc(C)cc3)c3ccc([nH]3)c(-c3ccc(C)cc3)c3ccc([nH]3)c(-c3ccc(C)cc3)c3nc1C=C3)C=C2. The number of nitrogens with one attached hydrogen (secondary N) is 2. The molecular weight excluding hydrogens is 597 g/mol. The lowest BCUT2D eigenvalue weighted by atomic mass is 10.0. The zero-order chi connectivity index (χ0) is 33.5. The van der Waals surface area contributed by atoms with Gasteiger partial charge in [-0.2, -0.15) is 0 Å². The van der Waals surface area contributed by atoms with Crippen molar-refractivity contribution < 1.29 is 0 Å². The summed E-state index contributed by atoms with van der Waals surface area (Å²) in [5.41, 5.74) is 19.2. The Bertz CT molecular complexity index is 2310. The van der Waals surface area contributed by atoms with Gasteiger partial charge in [-0.1, -0.05) is 95.6 Å². The zero-order valence-corrected chi connectivity index (χ0v) is 28.1. The molecule has 5 heterocycles. The van der Waals surface area contributed by atoms with Gasteiger partial charge in [0.1, 0.15) is 0 Å². The third-order valence-corrected chi connectivity index (χ3v) is 9.48. The number of fused-ring (bicyclic) bond motifs is 8. The Labute approximate surface area is 287 Å². The molecule has 0 unspecified atom stereocenters. The van der Waals surface area contributed by atoms with Crippen molar-refractivity contribution in [1.82, 2.24) is 19.9 Å². The van der Waals surface area contributed by atoms with E-state index in [1.54, 1.807) is 0 Å². The summed E-state index contributed by atoms with van der Waals surface area (Å²) in [6.07, 6.45) is 12.2. The Morgan fingerprint density at radius 3 is 1.20 bits per heavy atom. The number of benzene rings is 3. The van der Waals surface area contributed by atoms with E-state index in [0.29, 0.717) is 0 Å². The van der Waals surface area contributed by atoms with Crippen LogP contribution in [-0.4, -0.2) is 19.9 Å². The summed E-state index contributed by atoms with van der Waals surface area (Å²) in [6, 6.07) is 34.9. The quantitative estimate of drug-likeness (QED) is 0.179. The van der Waals surface area contributed by atoms with E-state index in [-0.39, 0.29) is 0 Å². The van der Waals surface area contributed by atoms with Crippen LogP contribution >= 0.6 is 0 Å². The van der Waals surface area contributed by atoms with Crippen LogP contribution in [0.4, 0.5) is 0 Å². The third-order valence-electron chi connectivity index (χ3n) is 9.48. The highest BCUT2D eigenvalue weighted by Gasteiger charge is 2.18. The first kappa shape index (κ1) is 30.3. The highest BCUT2D eigenvalue weighted by Crippen LogP contribution is 2.36. The second kappa shape index (κ2) is 12.6. The van der Waals surface area contributed by atoms with Crippen molar-refractivity contribution in [2.45, 2.75) is 33.6 Å². The first-order chi connectivity index (χ1) is 23.9. The van der Waals surface area contributed by atoms with Gasteiger partial charge in [0, 0.05) is 44.3 Å². The van der Waals surface area contributed by atoms with Crippen LogP contribution < -0.4 is 0 Å². The fourth-order valence-electron chi connectivity index (χ4n) is 6.85. The molecule has 2 N–H and O–H groups in total. The fraction of sp³-hybridized carbons (Fsp3) is 0.111. The molecule has 3 aromatic carbocycles. The van der Waals surface area contributed by atoms with Gasteiger partial charge in [-0.25, -0.2) is 9.97 Å². The zero-order valence-electron chi connectivity index (χ0n) is 28.1. The molecule has 49 heavy (non-hydrogen) atoms. The van der Waals surface area contributed by atoms with Crippen LogP contribution in [-0.2, 0) is 6.42 Å². The predicted octanol–water partition coefficient (Wildman–Crippen LogP) is 11.7. The van der Waals surface area contributed by atoms with Gasteiger partial charge in [0.2, 0.25) is 0 Å². The monoisotopic (exact) mass is 634 g/mol. The van der Waals surface area contributed by atoms with Crippen LogP contribution in [0.1, 0.15) is 51.5 Å². The van der Waals surface area contributed by atoms with Gasteiger partial charge in [-0.05, 0) is 98.9 Å². The molecule has 8 bridgehead atoms. The van der Waals surface area contributed by atoms with Crippen LogP contribution in [0.5, 0.6) is 0 Å². The number of H-pyrrole nitrogens is 2. The maximum absolute atomic E-state index is 5.32. The van der Waals surface area contributed by atoms with E-state index in [4.69, 9.17) is 9.97 Å². The first-order valence-electron chi connectivity index (χ1n) is 16.9. The minimum atomic E-state index is 0.796. The Balaban J connectivity index is 1.55. The summed E-state index contributed by atoms with van der Waals surface area (Å²) in [7, 11) is 0. The molecule has 0 saturated heterocycles. The van der Waals surface area contributed by atoms with E-state index < -0.39 is 0 Å². The molecule has 8 rings (SSSR count). The number of hydrogen-bond acceptors (Lipinski definition) is 2. The Morgan fingerprint density at radius 1 is 0.469 bits per heavy atom. The lowest BCUT2D eigenvalue weighted by Crippen LogP contribution is -1.94. The van der Waals surface area contributed by atoms with Gasteiger partial charge in [0.25, 0.3) is 0 Å². The van der Waals surface area contributed by atoms with E-state index in [2.05, 4.69) is 159 Å². The maximum Gasteiger partial charge on any atom is 0.0737 e. The summed E-state index contributed by atoms with van der Waals surface area (Å²) in [6.45, 7) is 10.4. The molecular formula is C45H38N4. The van der Waals surface area contributed by atoms with Crippen molar-refractivity contribution in [3.8, 4) is 33.4 Å². The molecule has 0 atom stereocenters. The van der Waals surface area contributed by atoms with E-state index in [0.717, 1.165) is 96.6 Å². The van der Waals surface area contributed by atoms with Gasteiger partial charge in [-0.3, -0.25) is 0 Å². The summed E-state index contributed by atoms with van der Waals surface area (Å²) in [5.74, 6) is 0. The lowest BCUT2D eigenvalue weighted by molar-refractivity contribution is 0.976. The van der Waals surface area contributed by atoms with Crippen molar-refractivity contribution in [3.05, 3.63) is 155 Å². The van der Waals surface area contributed by atoms with E-state index in [1.807, 2.05) is 6.08 Å². The van der Waals surface area contributed by atoms with Crippen LogP contribution in [0, 0.1) is 20.8 Å². The molecule has 0 amide bonds. The van der Waals surface area contributed by atoms with Crippen molar-refractivity contribution in [1.29, 1.82) is 0 Å².